The van der Waals surface area contributed by atoms with Crippen LogP contribution in [0.4, 0.5) is 0 Å². The average molecular weight is 453 g/mol. The van der Waals surface area contributed by atoms with E-state index in [1.807, 2.05) is 55.5 Å². The third-order valence-corrected chi connectivity index (χ3v) is 6.28. The van der Waals surface area contributed by atoms with Crippen LogP contribution in [0, 0.1) is 0 Å². The van der Waals surface area contributed by atoms with E-state index in [4.69, 9.17) is 4.42 Å². The van der Waals surface area contributed by atoms with Gasteiger partial charge in [0.1, 0.15) is 10.8 Å². The lowest BCUT2D eigenvalue weighted by Gasteiger charge is -2.19. The van der Waals surface area contributed by atoms with Crippen LogP contribution in [0.1, 0.15) is 49.9 Å². The van der Waals surface area contributed by atoms with Gasteiger partial charge in [-0.3, -0.25) is 4.79 Å². The average Bonchev–Trinajstić information content (AvgIpc) is 3.31. The van der Waals surface area contributed by atoms with E-state index >= 15 is 0 Å². The van der Waals surface area contributed by atoms with Crippen molar-refractivity contribution in [3.63, 3.8) is 0 Å². The van der Waals surface area contributed by atoms with E-state index in [0.29, 0.717) is 11.5 Å². The number of amides is 1. The number of aromatic nitrogens is 2. The minimum absolute atomic E-state index is 0.111. The standard InChI is InChI=1S/C25H32N4O2S/c1-4-29(5-2)17-9-10-19(3)26-25(30)23-15-13-21(31-23)18-32-24-16-14-22(27-28-24)20-11-7-6-8-12-20/h6-8,11-16,19H,4-5,9-10,17-18H2,1-3H3,(H,26,30)/t19-/m1/s1. The number of carbonyl (C=O) groups is 1. The van der Waals surface area contributed by atoms with Crippen LogP contribution in [-0.2, 0) is 5.75 Å². The third kappa shape index (κ3) is 7.21. The number of benzene rings is 1. The molecule has 2 heterocycles. The lowest BCUT2D eigenvalue weighted by atomic mass is 10.1. The number of hydrogen-bond donors (Lipinski definition) is 1. The monoisotopic (exact) mass is 452 g/mol. The summed E-state index contributed by atoms with van der Waals surface area (Å²) in [4.78, 5) is 14.9. The minimum Gasteiger partial charge on any atom is -0.455 e. The van der Waals surface area contributed by atoms with E-state index in [1.165, 1.54) is 11.8 Å². The lowest BCUT2D eigenvalue weighted by molar-refractivity contribution is 0.0908. The quantitative estimate of drug-likeness (QED) is 0.378. The van der Waals surface area contributed by atoms with E-state index in [-0.39, 0.29) is 11.9 Å². The summed E-state index contributed by atoms with van der Waals surface area (Å²) in [6.45, 7) is 9.57. The molecular weight excluding hydrogens is 420 g/mol. The molecular formula is C25H32N4O2S. The van der Waals surface area contributed by atoms with Gasteiger partial charge in [0.05, 0.1) is 11.4 Å². The molecule has 170 valence electrons. The molecule has 0 spiro atoms. The van der Waals surface area contributed by atoms with Crippen molar-refractivity contribution in [1.82, 2.24) is 20.4 Å². The van der Waals surface area contributed by atoms with Crippen LogP contribution in [0.2, 0.25) is 0 Å². The molecule has 0 radical (unpaired) electrons. The molecule has 0 saturated heterocycles. The van der Waals surface area contributed by atoms with Crippen LogP contribution in [0.5, 0.6) is 0 Å². The van der Waals surface area contributed by atoms with Crippen LogP contribution in [0.25, 0.3) is 11.3 Å². The van der Waals surface area contributed by atoms with Crippen molar-refractivity contribution in [2.75, 3.05) is 19.6 Å². The highest BCUT2D eigenvalue weighted by atomic mass is 32.2. The molecule has 0 fully saturated rings. The van der Waals surface area contributed by atoms with Gasteiger partial charge in [-0.15, -0.1) is 10.2 Å². The minimum atomic E-state index is -0.163. The Labute approximate surface area is 194 Å². The lowest BCUT2D eigenvalue weighted by Crippen LogP contribution is -2.33. The fraction of sp³-hybridized carbons (Fsp3) is 0.400. The number of nitrogens with zero attached hydrogens (tertiary/aromatic N) is 3. The van der Waals surface area contributed by atoms with Gasteiger partial charge in [-0.05, 0) is 63.7 Å². The van der Waals surface area contributed by atoms with Gasteiger partial charge in [0.15, 0.2) is 5.76 Å². The summed E-state index contributed by atoms with van der Waals surface area (Å²) in [6, 6.07) is 17.6. The highest BCUT2D eigenvalue weighted by Gasteiger charge is 2.14. The van der Waals surface area contributed by atoms with Gasteiger partial charge in [0, 0.05) is 11.6 Å². The summed E-state index contributed by atoms with van der Waals surface area (Å²) in [7, 11) is 0. The fourth-order valence-electron chi connectivity index (χ4n) is 3.41. The zero-order chi connectivity index (χ0) is 22.8. The first-order valence-electron chi connectivity index (χ1n) is 11.2. The Morgan fingerprint density at radius 3 is 2.53 bits per heavy atom. The molecule has 1 atom stereocenters. The SMILES string of the molecule is CCN(CC)CCC[C@@H](C)NC(=O)c1ccc(CSc2ccc(-c3ccccc3)nn2)o1. The van der Waals surface area contributed by atoms with Crippen LogP contribution in [0.3, 0.4) is 0 Å². The van der Waals surface area contributed by atoms with Gasteiger partial charge in [-0.25, -0.2) is 0 Å². The highest BCUT2D eigenvalue weighted by Crippen LogP contribution is 2.23. The van der Waals surface area contributed by atoms with Gasteiger partial charge in [0.2, 0.25) is 0 Å². The van der Waals surface area contributed by atoms with Crippen molar-refractivity contribution in [2.24, 2.45) is 0 Å². The molecule has 1 aromatic carbocycles. The van der Waals surface area contributed by atoms with Crippen molar-refractivity contribution in [3.8, 4) is 11.3 Å². The van der Waals surface area contributed by atoms with E-state index < -0.39 is 0 Å². The van der Waals surface area contributed by atoms with Crippen LogP contribution in [0.15, 0.2) is 64.0 Å². The molecule has 1 N–H and O–H groups in total. The Morgan fingerprint density at radius 2 is 1.84 bits per heavy atom. The van der Waals surface area contributed by atoms with Gasteiger partial charge in [-0.2, -0.15) is 0 Å². The summed E-state index contributed by atoms with van der Waals surface area (Å²) in [5.74, 6) is 1.51. The van der Waals surface area contributed by atoms with E-state index in [1.54, 1.807) is 6.07 Å². The maximum atomic E-state index is 12.5. The van der Waals surface area contributed by atoms with Gasteiger partial charge in [-0.1, -0.05) is 55.9 Å². The molecule has 6 nitrogen and oxygen atoms in total. The molecule has 0 unspecified atom stereocenters. The zero-order valence-electron chi connectivity index (χ0n) is 19.1. The molecule has 1 amide bonds. The third-order valence-electron chi connectivity index (χ3n) is 5.34. The summed E-state index contributed by atoms with van der Waals surface area (Å²) in [5.41, 5.74) is 1.89. The van der Waals surface area contributed by atoms with Crippen LogP contribution >= 0.6 is 11.8 Å². The van der Waals surface area contributed by atoms with Gasteiger partial charge < -0.3 is 14.6 Å². The summed E-state index contributed by atoms with van der Waals surface area (Å²) < 4.78 is 5.75. The zero-order valence-corrected chi connectivity index (χ0v) is 19.9. The second kappa shape index (κ2) is 12.4. The number of nitrogens with one attached hydrogen (secondary N) is 1. The number of thioether (sulfide) groups is 1. The van der Waals surface area contributed by atoms with Crippen molar-refractivity contribution in [2.45, 2.75) is 50.4 Å². The molecule has 0 aliphatic heterocycles. The predicted molar refractivity (Wildman–Crippen MR) is 130 cm³/mol. The first kappa shape index (κ1) is 24.0. The Bertz CT molecular complexity index is 956. The molecule has 32 heavy (non-hydrogen) atoms. The Hall–Kier alpha value is -2.64. The highest BCUT2D eigenvalue weighted by molar-refractivity contribution is 7.98. The van der Waals surface area contributed by atoms with Crippen molar-refractivity contribution >= 4 is 17.7 Å². The predicted octanol–water partition coefficient (Wildman–Crippen LogP) is 5.27. The van der Waals surface area contributed by atoms with Gasteiger partial charge in [0.25, 0.3) is 5.91 Å². The summed E-state index contributed by atoms with van der Waals surface area (Å²) in [5, 5.41) is 12.4. The maximum absolute atomic E-state index is 12.5. The largest absolute Gasteiger partial charge is 0.455 e. The van der Waals surface area contributed by atoms with E-state index in [2.05, 4.69) is 34.3 Å². The number of hydrogen-bond acceptors (Lipinski definition) is 6. The molecule has 7 heteroatoms. The molecule has 3 aromatic rings. The second-order valence-electron chi connectivity index (χ2n) is 7.72. The molecule has 0 saturated carbocycles. The fourth-order valence-corrected chi connectivity index (χ4v) is 4.12. The first-order chi connectivity index (χ1) is 15.6. The smallest absolute Gasteiger partial charge is 0.287 e. The van der Waals surface area contributed by atoms with Crippen LogP contribution < -0.4 is 5.32 Å². The van der Waals surface area contributed by atoms with Crippen LogP contribution in [-0.4, -0.2) is 46.7 Å². The molecule has 2 aromatic heterocycles. The number of furan rings is 1. The second-order valence-corrected chi connectivity index (χ2v) is 8.72. The molecule has 0 bridgehead atoms. The number of rotatable bonds is 12. The Balaban J connectivity index is 1.44. The van der Waals surface area contributed by atoms with E-state index in [0.717, 1.165) is 54.5 Å². The first-order valence-corrected chi connectivity index (χ1v) is 12.2. The normalized spacial score (nSPS) is 12.1. The van der Waals surface area contributed by atoms with Crippen molar-refractivity contribution in [3.05, 3.63) is 66.1 Å². The molecule has 0 aliphatic rings. The maximum Gasteiger partial charge on any atom is 0.287 e. The summed E-state index contributed by atoms with van der Waals surface area (Å²) >= 11 is 1.53. The Kier molecular flexibility index (Phi) is 9.31. The van der Waals surface area contributed by atoms with E-state index in [9.17, 15) is 4.79 Å². The van der Waals surface area contributed by atoms with Gasteiger partial charge >= 0.3 is 0 Å². The van der Waals surface area contributed by atoms with Crippen molar-refractivity contribution < 1.29 is 9.21 Å². The number of carbonyl (C=O) groups excluding carboxylic acids is 1. The summed E-state index contributed by atoms with van der Waals surface area (Å²) in [6.07, 6.45) is 2.01. The Morgan fingerprint density at radius 1 is 1.06 bits per heavy atom. The topological polar surface area (TPSA) is 71.3 Å². The van der Waals surface area contributed by atoms with Crippen molar-refractivity contribution in [1.29, 1.82) is 0 Å². The molecule has 3 rings (SSSR count). The molecule has 0 aliphatic carbocycles.